The third kappa shape index (κ3) is 0.889. The molecule has 0 unspecified atom stereocenters. The Labute approximate surface area is 66.9 Å². The van der Waals surface area contributed by atoms with Crippen molar-refractivity contribution in [3.05, 3.63) is 12.7 Å². The van der Waals surface area contributed by atoms with E-state index in [1.807, 2.05) is 4.90 Å². The monoisotopic (exact) mass is 151 g/mol. The Kier molecular flexibility index (Phi) is 1.31. The maximum atomic E-state index is 11.0. The van der Waals surface area contributed by atoms with Gasteiger partial charge in [0.05, 0.1) is 0 Å². The van der Waals surface area contributed by atoms with E-state index < -0.39 is 0 Å². The highest BCUT2D eigenvalue weighted by molar-refractivity contribution is 5.87. The van der Waals surface area contributed by atoms with E-state index in [1.54, 1.807) is 0 Å². The van der Waals surface area contributed by atoms with Crippen molar-refractivity contribution in [2.24, 2.45) is 5.41 Å². The van der Waals surface area contributed by atoms with Gasteiger partial charge in [0.2, 0.25) is 5.91 Å². The van der Waals surface area contributed by atoms with Crippen LogP contribution >= 0.6 is 0 Å². The van der Waals surface area contributed by atoms with Crippen molar-refractivity contribution in [2.75, 3.05) is 13.1 Å². The fourth-order valence-electron chi connectivity index (χ4n) is 2.04. The number of carbonyl (C=O) groups is 1. The molecule has 60 valence electrons. The smallest absolute Gasteiger partial charge is 0.245 e. The van der Waals surface area contributed by atoms with Crippen LogP contribution in [-0.2, 0) is 4.79 Å². The SMILES string of the molecule is C=CC(=O)N1CC2(CCC2)C1. The van der Waals surface area contributed by atoms with E-state index in [1.165, 1.54) is 25.3 Å². The molecule has 0 radical (unpaired) electrons. The van der Waals surface area contributed by atoms with E-state index >= 15 is 0 Å². The second kappa shape index (κ2) is 2.10. The van der Waals surface area contributed by atoms with Crippen LogP contribution in [-0.4, -0.2) is 23.9 Å². The lowest BCUT2D eigenvalue weighted by atomic mass is 9.63. The highest BCUT2D eigenvalue weighted by Crippen LogP contribution is 2.47. The van der Waals surface area contributed by atoms with Crippen LogP contribution in [0.15, 0.2) is 12.7 Å². The summed E-state index contributed by atoms with van der Waals surface area (Å²) < 4.78 is 0. The molecule has 1 aliphatic heterocycles. The molecule has 2 fully saturated rings. The van der Waals surface area contributed by atoms with Crippen molar-refractivity contribution in [3.63, 3.8) is 0 Å². The van der Waals surface area contributed by atoms with Gasteiger partial charge in [0, 0.05) is 18.5 Å². The highest BCUT2D eigenvalue weighted by atomic mass is 16.2. The van der Waals surface area contributed by atoms with Crippen molar-refractivity contribution in [3.8, 4) is 0 Å². The lowest BCUT2D eigenvalue weighted by molar-refractivity contribution is -0.144. The number of carbonyl (C=O) groups excluding carboxylic acids is 1. The normalized spacial score (nSPS) is 25.6. The maximum absolute atomic E-state index is 11.0. The molecule has 0 aromatic rings. The average molecular weight is 151 g/mol. The molecule has 1 heterocycles. The Morgan fingerprint density at radius 1 is 1.45 bits per heavy atom. The predicted octanol–water partition coefficient (Wildman–Crippen LogP) is 1.18. The van der Waals surface area contributed by atoms with Crippen LogP contribution in [0.1, 0.15) is 19.3 Å². The molecule has 2 rings (SSSR count). The third-order valence-electron chi connectivity index (χ3n) is 2.95. The van der Waals surface area contributed by atoms with Crippen LogP contribution in [0.4, 0.5) is 0 Å². The number of hydrogen-bond acceptors (Lipinski definition) is 1. The highest BCUT2D eigenvalue weighted by Gasteiger charge is 2.48. The first-order chi connectivity index (χ1) is 5.26. The molecule has 0 bridgehead atoms. The molecule has 2 heteroatoms. The van der Waals surface area contributed by atoms with Gasteiger partial charge in [0.1, 0.15) is 0 Å². The molecule has 0 atom stereocenters. The topological polar surface area (TPSA) is 20.3 Å². The molecule has 1 amide bonds. The van der Waals surface area contributed by atoms with E-state index in [0.29, 0.717) is 5.41 Å². The van der Waals surface area contributed by atoms with Crippen molar-refractivity contribution in [1.82, 2.24) is 4.90 Å². The fourth-order valence-corrected chi connectivity index (χ4v) is 2.04. The summed E-state index contributed by atoms with van der Waals surface area (Å²) in [6.07, 6.45) is 5.42. The molecule has 2 nitrogen and oxygen atoms in total. The minimum absolute atomic E-state index is 0.0996. The summed E-state index contributed by atoms with van der Waals surface area (Å²) in [7, 11) is 0. The molecule has 0 aromatic carbocycles. The largest absolute Gasteiger partial charge is 0.338 e. The van der Waals surface area contributed by atoms with Crippen LogP contribution in [0.2, 0.25) is 0 Å². The summed E-state index contributed by atoms with van der Waals surface area (Å²) in [6.45, 7) is 5.43. The van der Waals surface area contributed by atoms with Crippen LogP contribution in [0.25, 0.3) is 0 Å². The second-order valence-corrected chi connectivity index (χ2v) is 3.75. The molecule has 1 aliphatic carbocycles. The molecule has 1 saturated heterocycles. The van der Waals surface area contributed by atoms with Gasteiger partial charge in [-0.25, -0.2) is 0 Å². The lowest BCUT2D eigenvalue weighted by Crippen LogP contribution is -2.61. The summed E-state index contributed by atoms with van der Waals surface area (Å²) in [5.74, 6) is 0.0996. The van der Waals surface area contributed by atoms with Gasteiger partial charge in [0.25, 0.3) is 0 Å². The molecule has 11 heavy (non-hydrogen) atoms. The van der Waals surface area contributed by atoms with E-state index in [2.05, 4.69) is 6.58 Å². The molecule has 1 saturated carbocycles. The molecular formula is C9H13NO. The maximum Gasteiger partial charge on any atom is 0.245 e. The summed E-state index contributed by atoms with van der Waals surface area (Å²) in [6, 6.07) is 0. The van der Waals surface area contributed by atoms with Gasteiger partial charge >= 0.3 is 0 Å². The Balaban J connectivity index is 1.87. The zero-order chi connectivity index (χ0) is 7.90. The first-order valence-electron chi connectivity index (χ1n) is 4.17. The quantitative estimate of drug-likeness (QED) is 0.515. The lowest BCUT2D eigenvalue weighted by Gasteiger charge is -2.55. The number of hydrogen-bond donors (Lipinski definition) is 0. The molecule has 2 aliphatic rings. The van der Waals surface area contributed by atoms with Gasteiger partial charge in [-0.1, -0.05) is 13.0 Å². The zero-order valence-electron chi connectivity index (χ0n) is 6.68. The van der Waals surface area contributed by atoms with Crippen molar-refractivity contribution >= 4 is 5.91 Å². The fraction of sp³-hybridized carbons (Fsp3) is 0.667. The second-order valence-electron chi connectivity index (χ2n) is 3.75. The van der Waals surface area contributed by atoms with Crippen LogP contribution in [0.3, 0.4) is 0 Å². The molecule has 1 spiro atoms. The third-order valence-corrected chi connectivity index (χ3v) is 2.95. The summed E-state index contributed by atoms with van der Waals surface area (Å²) in [5.41, 5.74) is 0.554. The number of amides is 1. The van der Waals surface area contributed by atoms with Gasteiger partial charge in [-0.05, 0) is 18.9 Å². The van der Waals surface area contributed by atoms with Crippen molar-refractivity contribution in [1.29, 1.82) is 0 Å². The Bertz CT molecular complexity index is 198. The summed E-state index contributed by atoms with van der Waals surface area (Å²) in [4.78, 5) is 12.9. The summed E-state index contributed by atoms with van der Waals surface area (Å²) in [5, 5.41) is 0. The first-order valence-corrected chi connectivity index (χ1v) is 4.17. The Morgan fingerprint density at radius 2 is 2.09 bits per heavy atom. The van der Waals surface area contributed by atoms with Crippen LogP contribution in [0.5, 0.6) is 0 Å². The first kappa shape index (κ1) is 6.89. The molecule has 0 N–H and O–H groups in total. The Morgan fingerprint density at radius 3 is 2.45 bits per heavy atom. The van der Waals surface area contributed by atoms with Crippen molar-refractivity contribution in [2.45, 2.75) is 19.3 Å². The van der Waals surface area contributed by atoms with Gasteiger partial charge in [0.15, 0.2) is 0 Å². The van der Waals surface area contributed by atoms with E-state index in [-0.39, 0.29) is 5.91 Å². The standard InChI is InChI=1S/C9H13NO/c1-2-8(11)10-6-9(7-10)4-3-5-9/h2H,1,3-7H2. The Hall–Kier alpha value is -0.790. The minimum atomic E-state index is 0.0996. The van der Waals surface area contributed by atoms with Crippen LogP contribution < -0.4 is 0 Å². The predicted molar refractivity (Wildman–Crippen MR) is 43.1 cm³/mol. The zero-order valence-corrected chi connectivity index (χ0v) is 6.68. The van der Waals surface area contributed by atoms with Crippen LogP contribution in [0, 0.1) is 5.41 Å². The summed E-state index contributed by atoms with van der Waals surface area (Å²) >= 11 is 0. The van der Waals surface area contributed by atoms with E-state index in [9.17, 15) is 4.79 Å². The number of rotatable bonds is 1. The van der Waals surface area contributed by atoms with Crippen molar-refractivity contribution < 1.29 is 4.79 Å². The number of nitrogens with zero attached hydrogens (tertiary/aromatic N) is 1. The average Bonchev–Trinajstić information content (AvgIpc) is 1.81. The van der Waals surface area contributed by atoms with Gasteiger partial charge in [-0.2, -0.15) is 0 Å². The van der Waals surface area contributed by atoms with E-state index in [0.717, 1.165) is 13.1 Å². The van der Waals surface area contributed by atoms with E-state index in [4.69, 9.17) is 0 Å². The number of likely N-dealkylation sites (tertiary alicyclic amines) is 1. The van der Waals surface area contributed by atoms with Gasteiger partial charge in [-0.15, -0.1) is 0 Å². The molecule has 0 aromatic heterocycles. The van der Waals surface area contributed by atoms with Gasteiger partial charge in [-0.3, -0.25) is 4.79 Å². The van der Waals surface area contributed by atoms with Gasteiger partial charge < -0.3 is 4.90 Å². The molecular weight excluding hydrogens is 138 g/mol. The minimum Gasteiger partial charge on any atom is -0.338 e.